The van der Waals surface area contributed by atoms with E-state index in [0.29, 0.717) is 0 Å². The fourth-order valence-corrected chi connectivity index (χ4v) is 14.8. The molecule has 12 aromatic carbocycles. The molecule has 0 N–H and O–H groups in total. The molecule has 0 unspecified atom stereocenters. The van der Waals surface area contributed by atoms with E-state index in [1.807, 2.05) is 11.3 Å². The second kappa shape index (κ2) is 18.4. The molecule has 82 heavy (non-hydrogen) atoms. The van der Waals surface area contributed by atoms with Gasteiger partial charge in [0.2, 0.25) is 0 Å². The molecular formula is C78H65BN2S. The quantitative estimate of drug-likeness (QED) is 0.121. The number of nitrogens with zero attached hydrogens (tertiary/aromatic N) is 2. The molecule has 4 heteroatoms. The third-order valence-electron chi connectivity index (χ3n) is 17.9. The zero-order chi connectivity index (χ0) is 56.0. The van der Waals surface area contributed by atoms with Crippen LogP contribution >= 0.6 is 11.3 Å². The number of hydrogen-bond acceptors (Lipinski definition) is 3. The van der Waals surface area contributed by atoms with E-state index in [9.17, 15) is 0 Å². The predicted octanol–water partition coefficient (Wildman–Crippen LogP) is 20.4. The molecule has 0 atom stereocenters. The van der Waals surface area contributed by atoms with Gasteiger partial charge in [0, 0.05) is 43.1 Å². The van der Waals surface area contributed by atoms with Crippen molar-refractivity contribution in [1.82, 2.24) is 0 Å². The van der Waals surface area contributed by atoms with Crippen molar-refractivity contribution in [2.24, 2.45) is 0 Å². The maximum atomic E-state index is 2.70. The minimum absolute atomic E-state index is 0.0604. The van der Waals surface area contributed by atoms with E-state index in [1.165, 1.54) is 148 Å². The number of hydrogen-bond donors (Lipinski definition) is 0. The molecule has 3 heterocycles. The maximum absolute atomic E-state index is 2.70. The maximum Gasteiger partial charge on any atom is 0.264 e. The molecule has 2 aliphatic heterocycles. The first kappa shape index (κ1) is 50.3. The first-order chi connectivity index (χ1) is 39.6. The minimum atomic E-state index is -0.108. The number of anilines is 6. The third-order valence-corrected chi connectivity index (χ3v) is 19.1. The Morgan fingerprint density at radius 2 is 0.841 bits per heavy atom. The highest BCUT2D eigenvalue weighted by Gasteiger charge is 2.47. The van der Waals surface area contributed by atoms with Crippen LogP contribution in [-0.2, 0) is 16.2 Å². The predicted molar refractivity (Wildman–Crippen MR) is 357 cm³/mol. The highest BCUT2D eigenvalue weighted by Crippen LogP contribution is 2.54. The van der Waals surface area contributed by atoms with E-state index < -0.39 is 0 Å². The largest absolute Gasteiger partial charge is 0.311 e. The molecule has 13 aromatic rings. The van der Waals surface area contributed by atoms with E-state index >= 15 is 0 Å². The van der Waals surface area contributed by atoms with Crippen LogP contribution in [0.3, 0.4) is 0 Å². The lowest BCUT2D eigenvalue weighted by Gasteiger charge is -2.44. The molecule has 0 amide bonds. The molecule has 1 aromatic heterocycles. The smallest absolute Gasteiger partial charge is 0.264 e. The Morgan fingerprint density at radius 1 is 0.329 bits per heavy atom. The van der Waals surface area contributed by atoms with Gasteiger partial charge < -0.3 is 9.80 Å². The molecule has 0 radical (unpaired) electrons. The average Bonchev–Trinajstić information content (AvgIpc) is 3.46. The van der Waals surface area contributed by atoms with Crippen molar-refractivity contribution in [3.8, 4) is 44.5 Å². The van der Waals surface area contributed by atoms with Crippen molar-refractivity contribution in [2.75, 3.05) is 9.80 Å². The summed E-state index contributed by atoms with van der Waals surface area (Å²) < 4.78 is 2.66. The Bertz CT molecular complexity index is 4670. The summed E-state index contributed by atoms with van der Waals surface area (Å²) in [7, 11) is 0. The highest BCUT2D eigenvalue weighted by molar-refractivity contribution is 7.33. The second-order valence-corrected chi connectivity index (χ2v) is 27.2. The molecule has 0 fully saturated rings. The molecule has 2 aliphatic rings. The van der Waals surface area contributed by atoms with E-state index in [0.717, 1.165) is 5.69 Å². The zero-order valence-corrected chi connectivity index (χ0v) is 49.1. The highest BCUT2D eigenvalue weighted by atomic mass is 32.1. The molecule has 0 bridgehead atoms. The topological polar surface area (TPSA) is 6.48 Å². The molecule has 0 saturated carbocycles. The normalized spacial score (nSPS) is 13.4. The Balaban J connectivity index is 1.10. The van der Waals surface area contributed by atoms with Crippen LogP contribution in [0.15, 0.2) is 231 Å². The van der Waals surface area contributed by atoms with Gasteiger partial charge in [0.1, 0.15) is 0 Å². The van der Waals surface area contributed by atoms with Crippen LogP contribution in [0.1, 0.15) is 79.0 Å². The van der Waals surface area contributed by atoms with Gasteiger partial charge in [-0.3, -0.25) is 0 Å². The van der Waals surface area contributed by atoms with Crippen molar-refractivity contribution < 1.29 is 0 Å². The van der Waals surface area contributed by atoms with Crippen molar-refractivity contribution in [3.63, 3.8) is 0 Å². The van der Waals surface area contributed by atoms with Crippen LogP contribution < -0.4 is 25.5 Å². The van der Waals surface area contributed by atoms with Crippen LogP contribution in [0.25, 0.3) is 86.9 Å². The molecule has 0 saturated heterocycles. The first-order valence-electron chi connectivity index (χ1n) is 29.2. The Hall–Kier alpha value is -8.70. The Labute approximate surface area is 487 Å². The van der Waals surface area contributed by atoms with Crippen LogP contribution in [0.4, 0.5) is 34.1 Å². The van der Waals surface area contributed by atoms with Crippen molar-refractivity contribution in [2.45, 2.75) is 78.6 Å². The summed E-state index contributed by atoms with van der Waals surface area (Å²) in [5.41, 5.74) is 23.2. The van der Waals surface area contributed by atoms with Gasteiger partial charge in [-0.2, -0.15) is 0 Å². The van der Waals surface area contributed by atoms with E-state index in [4.69, 9.17) is 0 Å². The van der Waals surface area contributed by atoms with Gasteiger partial charge >= 0.3 is 0 Å². The number of rotatable bonds is 6. The van der Waals surface area contributed by atoms with Gasteiger partial charge in [0.25, 0.3) is 6.71 Å². The number of thiophene rings is 1. The first-order valence-corrected chi connectivity index (χ1v) is 30.0. The van der Waals surface area contributed by atoms with E-state index in [2.05, 4.69) is 303 Å². The summed E-state index contributed by atoms with van der Waals surface area (Å²) in [5, 5.41) is 9.02. The molecule has 0 aliphatic carbocycles. The van der Waals surface area contributed by atoms with Crippen molar-refractivity contribution in [1.29, 1.82) is 0 Å². The van der Waals surface area contributed by atoms with Crippen LogP contribution in [-0.4, -0.2) is 6.71 Å². The number of benzene rings is 12. The van der Waals surface area contributed by atoms with Gasteiger partial charge in [-0.15, -0.1) is 11.3 Å². The summed E-state index contributed by atoms with van der Waals surface area (Å²) in [5.74, 6) is 0. The van der Waals surface area contributed by atoms with Crippen LogP contribution in [0.2, 0.25) is 0 Å². The lowest BCUT2D eigenvalue weighted by Crippen LogP contribution is -2.60. The lowest BCUT2D eigenvalue weighted by atomic mass is 9.36. The van der Waals surface area contributed by atoms with E-state index in [-0.39, 0.29) is 23.0 Å². The standard InChI is InChI=1S/C78H65BN2S/c1-76(2,3)56-33-39-65(61(45-56)50-24-17-12-18-25-50)81-69-44-55(49-22-15-11-16-23-49)43-68-73(69)79(75-74(81)63-47-58(78(7,8)9)35-41-70(63)82-75)64-42-54(48-20-13-10-14-21-48)32-38-67(64)80(68)66-40-34-57(77(4,5)6)46-62(66)59-36-30-53-29-28-51-26-19-27-52-31-37-60(59)72(53)71(51)52/h10-47H,1-9H3. The van der Waals surface area contributed by atoms with Gasteiger partial charge in [-0.25, -0.2) is 0 Å². The summed E-state index contributed by atoms with van der Waals surface area (Å²) in [4.78, 5) is 5.37. The zero-order valence-electron chi connectivity index (χ0n) is 48.3. The fourth-order valence-electron chi connectivity index (χ4n) is 13.5. The van der Waals surface area contributed by atoms with Crippen molar-refractivity contribution in [3.05, 3.63) is 247 Å². The molecule has 0 spiro atoms. The van der Waals surface area contributed by atoms with Crippen LogP contribution in [0.5, 0.6) is 0 Å². The van der Waals surface area contributed by atoms with Gasteiger partial charge in [-0.1, -0.05) is 238 Å². The Morgan fingerprint density at radius 3 is 1.48 bits per heavy atom. The van der Waals surface area contributed by atoms with Gasteiger partial charge in [-0.05, 0) is 164 Å². The summed E-state index contributed by atoms with van der Waals surface area (Å²) in [6.45, 7) is 21.0. The van der Waals surface area contributed by atoms with Crippen molar-refractivity contribution >= 4 is 110 Å². The molecule has 15 rings (SSSR count). The lowest BCUT2D eigenvalue weighted by molar-refractivity contribution is 0.590. The van der Waals surface area contributed by atoms with Gasteiger partial charge in [0.15, 0.2) is 0 Å². The SMILES string of the molecule is CC(C)(C)c1ccc(N2c3ccc(-c4ccccc4)cc3B3c4sc5ccc(C(C)(C)C)cc5c4N(c4ccc(C(C)(C)C)cc4-c4ccccc4)c4cc(-c5ccccc5)cc2c43)c(-c2ccc3ccc4cccc5ccc2c3c45)c1. The summed E-state index contributed by atoms with van der Waals surface area (Å²) in [6.07, 6.45) is 0. The molecule has 396 valence electrons. The van der Waals surface area contributed by atoms with Crippen LogP contribution in [0, 0.1) is 0 Å². The van der Waals surface area contributed by atoms with E-state index in [1.54, 1.807) is 0 Å². The summed E-state index contributed by atoms with van der Waals surface area (Å²) in [6, 6.07) is 88.4. The molecule has 2 nitrogen and oxygen atoms in total. The minimum Gasteiger partial charge on any atom is -0.311 e. The molecular weight excluding hydrogens is 1010 g/mol. The fraction of sp³-hybridized carbons (Fsp3) is 0.154. The monoisotopic (exact) mass is 1070 g/mol. The average molecular weight is 1070 g/mol. The third kappa shape index (κ3) is 7.97. The second-order valence-electron chi connectivity index (χ2n) is 26.1. The number of fused-ring (bicyclic) bond motifs is 6. The van der Waals surface area contributed by atoms with Gasteiger partial charge in [0.05, 0.1) is 17.1 Å². The summed E-state index contributed by atoms with van der Waals surface area (Å²) >= 11 is 1.98. The Kier molecular flexibility index (Phi) is 11.3.